The Morgan fingerprint density at radius 2 is 1.67 bits per heavy atom. The van der Waals surface area contributed by atoms with Crippen LogP contribution >= 0.6 is 24.0 Å². The average molecular weight is 472 g/mol. The number of hydrogen-bond donors (Lipinski definition) is 0. The fourth-order valence-corrected chi connectivity index (χ4v) is 5.15. The van der Waals surface area contributed by atoms with Gasteiger partial charge in [0.05, 0.1) is 15.5 Å². The summed E-state index contributed by atoms with van der Waals surface area (Å²) < 4.78 is 2.57. The zero-order valence-corrected chi connectivity index (χ0v) is 18.9. The van der Waals surface area contributed by atoms with Crippen LogP contribution in [0.2, 0.25) is 0 Å². The van der Waals surface area contributed by atoms with Crippen LogP contribution in [-0.2, 0) is 11.3 Å². The van der Waals surface area contributed by atoms with Crippen molar-refractivity contribution in [1.82, 2.24) is 4.57 Å². The highest BCUT2D eigenvalue weighted by molar-refractivity contribution is 8.27. The lowest BCUT2D eigenvalue weighted by Crippen LogP contribution is -2.27. The monoisotopic (exact) mass is 471 g/mol. The van der Waals surface area contributed by atoms with Gasteiger partial charge in [0.1, 0.15) is 0 Å². The average Bonchev–Trinajstić information content (AvgIpc) is 3.31. The van der Waals surface area contributed by atoms with Crippen LogP contribution in [0.5, 0.6) is 0 Å². The highest BCUT2D eigenvalue weighted by Crippen LogP contribution is 2.37. The van der Waals surface area contributed by atoms with Crippen molar-refractivity contribution in [3.8, 4) is 0 Å². The molecule has 8 heteroatoms. The van der Waals surface area contributed by atoms with Crippen LogP contribution in [0.4, 0.5) is 11.4 Å². The predicted octanol–water partition coefficient (Wildman–Crippen LogP) is 6.00. The molecule has 1 fully saturated rings. The van der Waals surface area contributed by atoms with Crippen molar-refractivity contribution in [3.63, 3.8) is 0 Å². The first-order valence-electron chi connectivity index (χ1n) is 10.2. The summed E-state index contributed by atoms with van der Waals surface area (Å²) in [5.74, 6) is -0.237. The number of carbonyl (C=O) groups is 1. The molecule has 0 radical (unpaired) electrons. The number of amides is 1. The van der Waals surface area contributed by atoms with Crippen molar-refractivity contribution in [1.29, 1.82) is 0 Å². The predicted molar refractivity (Wildman–Crippen MR) is 136 cm³/mol. The van der Waals surface area contributed by atoms with Gasteiger partial charge in [-0.15, -0.1) is 0 Å². The molecule has 6 nitrogen and oxygen atoms in total. The number of rotatable bonds is 5. The number of para-hydroxylation sites is 1. The van der Waals surface area contributed by atoms with E-state index in [-0.39, 0.29) is 11.6 Å². The van der Waals surface area contributed by atoms with Gasteiger partial charge in [0.2, 0.25) is 0 Å². The molecule has 0 aliphatic carbocycles. The molecule has 0 spiro atoms. The first kappa shape index (κ1) is 21.1. The van der Waals surface area contributed by atoms with Crippen LogP contribution in [0, 0.1) is 10.1 Å². The van der Waals surface area contributed by atoms with E-state index in [4.69, 9.17) is 12.2 Å². The number of thiocarbonyl (C=S) groups is 1. The van der Waals surface area contributed by atoms with Gasteiger partial charge in [0.15, 0.2) is 4.32 Å². The number of fused-ring (bicyclic) bond motifs is 1. The first-order chi connectivity index (χ1) is 16.0. The Morgan fingerprint density at radius 3 is 2.39 bits per heavy atom. The second kappa shape index (κ2) is 8.65. The molecule has 1 aromatic heterocycles. The number of carbonyl (C=O) groups excluding carboxylic acids is 1. The van der Waals surface area contributed by atoms with Crippen LogP contribution in [0.1, 0.15) is 11.1 Å². The smallest absolute Gasteiger partial charge is 0.270 e. The first-order valence-corrected chi connectivity index (χ1v) is 11.4. The van der Waals surface area contributed by atoms with Gasteiger partial charge in [-0.3, -0.25) is 19.8 Å². The highest BCUT2D eigenvalue weighted by atomic mass is 32.2. The maximum atomic E-state index is 13.2. The maximum absolute atomic E-state index is 13.2. The molecule has 1 aliphatic rings. The Morgan fingerprint density at radius 1 is 0.970 bits per heavy atom. The molecule has 0 atom stereocenters. The maximum Gasteiger partial charge on any atom is 0.270 e. The SMILES string of the molecule is O=C1/C(=C\c2cn(Cc3ccccc3)c3ccccc23)SC(=S)N1c1ccc([N+](=O)[O-])cc1. The van der Waals surface area contributed by atoms with Crippen LogP contribution in [0.25, 0.3) is 17.0 Å². The minimum absolute atomic E-state index is 0.0361. The van der Waals surface area contributed by atoms with Crippen LogP contribution in [-0.4, -0.2) is 19.7 Å². The van der Waals surface area contributed by atoms with E-state index >= 15 is 0 Å². The molecule has 2 heterocycles. The van der Waals surface area contributed by atoms with Crippen molar-refractivity contribution in [2.24, 2.45) is 0 Å². The Hall–Kier alpha value is -3.75. The molecule has 1 aliphatic heterocycles. The molecule has 33 heavy (non-hydrogen) atoms. The lowest BCUT2D eigenvalue weighted by molar-refractivity contribution is -0.384. The number of nitro benzene ring substituents is 1. The third kappa shape index (κ3) is 4.06. The molecular weight excluding hydrogens is 454 g/mol. The molecule has 0 N–H and O–H groups in total. The summed E-state index contributed by atoms with van der Waals surface area (Å²) in [6.45, 7) is 0.721. The fraction of sp³-hybridized carbons (Fsp3) is 0.0400. The van der Waals surface area contributed by atoms with Gasteiger partial charge in [-0.25, -0.2) is 0 Å². The quantitative estimate of drug-likeness (QED) is 0.154. The third-order valence-corrected chi connectivity index (χ3v) is 6.72. The van der Waals surface area contributed by atoms with Crippen LogP contribution < -0.4 is 4.90 Å². The molecule has 0 saturated carbocycles. The second-order valence-corrected chi connectivity index (χ2v) is 9.18. The van der Waals surface area contributed by atoms with E-state index in [0.717, 1.165) is 23.0 Å². The number of thioether (sulfide) groups is 1. The van der Waals surface area contributed by atoms with E-state index in [1.165, 1.54) is 46.5 Å². The molecule has 4 aromatic rings. The number of non-ortho nitro benzene ring substituents is 1. The van der Waals surface area contributed by atoms with Crippen molar-refractivity contribution in [2.45, 2.75) is 6.54 Å². The Balaban J connectivity index is 1.49. The summed E-state index contributed by atoms with van der Waals surface area (Å²) in [7, 11) is 0. The Bertz CT molecular complexity index is 1430. The lowest BCUT2D eigenvalue weighted by Gasteiger charge is -2.13. The summed E-state index contributed by atoms with van der Waals surface area (Å²) in [6.07, 6.45) is 3.92. The summed E-state index contributed by atoms with van der Waals surface area (Å²) in [4.78, 5) is 25.6. The van der Waals surface area contributed by atoms with Crippen molar-refractivity contribution in [3.05, 3.63) is 111 Å². The van der Waals surface area contributed by atoms with E-state index < -0.39 is 4.92 Å². The molecule has 5 rings (SSSR count). The molecule has 1 amide bonds. The Kier molecular flexibility index (Phi) is 5.53. The summed E-state index contributed by atoms with van der Waals surface area (Å²) in [5, 5.41) is 12.0. The minimum Gasteiger partial charge on any atom is -0.342 e. The van der Waals surface area contributed by atoms with Gasteiger partial charge < -0.3 is 4.57 Å². The van der Waals surface area contributed by atoms with Crippen molar-refractivity contribution >= 4 is 62.6 Å². The standard InChI is InChI=1S/C25H17N3O3S2/c29-24-23(33-25(32)27(24)19-10-12-20(13-11-19)28(30)31)14-18-16-26(15-17-6-2-1-3-7-17)22-9-5-4-8-21(18)22/h1-14,16H,15H2/b23-14+. The molecule has 0 bridgehead atoms. The van der Waals surface area contributed by atoms with Crippen LogP contribution in [0.3, 0.4) is 0 Å². The van der Waals surface area contributed by atoms with E-state index in [2.05, 4.69) is 29.0 Å². The van der Waals surface area contributed by atoms with E-state index in [1.54, 1.807) is 0 Å². The Labute approximate surface area is 199 Å². The number of aromatic nitrogens is 1. The van der Waals surface area contributed by atoms with E-state index in [0.29, 0.717) is 14.9 Å². The molecular formula is C25H17N3O3S2. The number of anilines is 1. The number of benzene rings is 3. The fourth-order valence-electron chi connectivity index (χ4n) is 3.86. The summed E-state index contributed by atoms with van der Waals surface area (Å²) in [6, 6.07) is 24.1. The topological polar surface area (TPSA) is 68.4 Å². The zero-order valence-electron chi connectivity index (χ0n) is 17.3. The third-order valence-electron chi connectivity index (χ3n) is 5.41. The molecule has 0 unspecified atom stereocenters. The number of hydrogen-bond acceptors (Lipinski definition) is 5. The molecule has 1 saturated heterocycles. The largest absolute Gasteiger partial charge is 0.342 e. The summed E-state index contributed by atoms with van der Waals surface area (Å²) in [5.41, 5.74) is 3.68. The molecule has 3 aromatic carbocycles. The van der Waals surface area contributed by atoms with E-state index in [9.17, 15) is 14.9 Å². The number of nitrogens with zero attached hydrogens (tertiary/aromatic N) is 3. The van der Waals surface area contributed by atoms with Gasteiger partial charge in [0, 0.05) is 41.3 Å². The number of nitro groups is 1. The van der Waals surface area contributed by atoms with Gasteiger partial charge in [0.25, 0.3) is 11.6 Å². The van der Waals surface area contributed by atoms with Crippen molar-refractivity contribution in [2.75, 3.05) is 4.90 Å². The van der Waals surface area contributed by atoms with Gasteiger partial charge >= 0.3 is 0 Å². The minimum atomic E-state index is -0.473. The van der Waals surface area contributed by atoms with Crippen LogP contribution in [0.15, 0.2) is 90.0 Å². The van der Waals surface area contributed by atoms with Gasteiger partial charge in [-0.05, 0) is 29.8 Å². The zero-order chi connectivity index (χ0) is 22.9. The van der Waals surface area contributed by atoms with E-state index in [1.807, 2.05) is 42.5 Å². The lowest BCUT2D eigenvalue weighted by atomic mass is 10.1. The normalized spacial score (nSPS) is 15.0. The van der Waals surface area contributed by atoms with Crippen molar-refractivity contribution < 1.29 is 9.72 Å². The van der Waals surface area contributed by atoms with Gasteiger partial charge in [-0.2, -0.15) is 0 Å². The second-order valence-electron chi connectivity index (χ2n) is 7.51. The molecule has 162 valence electrons. The summed E-state index contributed by atoms with van der Waals surface area (Å²) >= 11 is 6.68. The van der Waals surface area contributed by atoms with Gasteiger partial charge in [-0.1, -0.05) is 72.5 Å². The highest BCUT2D eigenvalue weighted by Gasteiger charge is 2.33.